The van der Waals surface area contributed by atoms with Crippen LogP contribution in [0.3, 0.4) is 0 Å². The Bertz CT molecular complexity index is 2100. The molecule has 0 radical (unpaired) electrons. The monoisotopic (exact) mass is 446 g/mol. The Hall–Kier alpha value is -4.43. The zero-order valence-electron chi connectivity index (χ0n) is 19.4. The lowest BCUT2D eigenvalue weighted by molar-refractivity contribution is 0.827. The highest BCUT2D eigenvalue weighted by molar-refractivity contribution is 6.33. The van der Waals surface area contributed by atoms with Gasteiger partial charge in [0.25, 0.3) is 0 Å². The summed E-state index contributed by atoms with van der Waals surface area (Å²) in [5, 5.41) is 13.0. The lowest BCUT2D eigenvalue weighted by Crippen LogP contribution is -1.93. The summed E-state index contributed by atoms with van der Waals surface area (Å²) >= 11 is 0. The summed E-state index contributed by atoms with van der Waals surface area (Å²) < 4.78 is 2.42. The van der Waals surface area contributed by atoms with Crippen LogP contribution in [0.4, 0.5) is 0 Å². The van der Waals surface area contributed by atoms with Gasteiger partial charge in [0.05, 0.1) is 11.0 Å². The average molecular weight is 447 g/mol. The van der Waals surface area contributed by atoms with E-state index in [1.807, 2.05) is 12.4 Å². The fraction of sp³-hybridized carbons (Fsp3) is 0.0606. The third-order valence-electron chi connectivity index (χ3n) is 7.79. The summed E-state index contributed by atoms with van der Waals surface area (Å²) in [4.78, 5) is 4.49. The van der Waals surface area contributed by atoms with Crippen molar-refractivity contribution in [1.29, 1.82) is 0 Å². The van der Waals surface area contributed by atoms with Gasteiger partial charge in [0.15, 0.2) is 0 Å². The van der Waals surface area contributed by atoms with Gasteiger partial charge >= 0.3 is 0 Å². The van der Waals surface area contributed by atoms with Crippen molar-refractivity contribution in [3.05, 3.63) is 103 Å². The fourth-order valence-corrected chi connectivity index (χ4v) is 6.25. The second-order valence-corrected chi connectivity index (χ2v) is 9.51. The van der Waals surface area contributed by atoms with E-state index in [0.717, 1.165) is 6.54 Å². The first-order chi connectivity index (χ1) is 17.3. The molecule has 0 fully saturated rings. The number of nitrogens with zero attached hydrogens (tertiary/aromatic N) is 2. The Morgan fingerprint density at radius 3 is 2.29 bits per heavy atom. The molecule has 0 aliphatic rings. The van der Waals surface area contributed by atoms with Crippen LogP contribution < -0.4 is 0 Å². The minimum Gasteiger partial charge on any atom is -0.341 e. The van der Waals surface area contributed by atoms with Gasteiger partial charge in [-0.15, -0.1) is 0 Å². The fourth-order valence-electron chi connectivity index (χ4n) is 6.25. The normalized spacial score (nSPS) is 12.3. The Labute approximate surface area is 202 Å². The highest BCUT2D eigenvalue weighted by atomic mass is 15.0. The van der Waals surface area contributed by atoms with Crippen molar-refractivity contribution >= 4 is 64.9 Å². The molecule has 2 heteroatoms. The highest BCUT2D eigenvalue weighted by Gasteiger charge is 2.18. The molecule has 2 heterocycles. The minimum atomic E-state index is 0.934. The van der Waals surface area contributed by atoms with E-state index in [2.05, 4.69) is 107 Å². The van der Waals surface area contributed by atoms with E-state index < -0.39 is 0 Å². The molecule has 8 aromatic rings. The maximum absolute atomic E-state index is 4.49. The molecular weight excluding hydrogens is 424 g/mol. The second kappa shape index (κ2) is 6.80. The van der Waals surface area contributed by atoms with Gasteiger partial charge in [-0.2, -0.15) is 0 Å². The molecule has 164 valence electrons. The smallest absolute Gasteiger partial charge is 0.0522 e. The van der Waals surface area contributed by atoms with Crippen LogP contribution in [0.25, 0.3) is 76.0 Å². The van der Waals surface area contributed by atoms with E-state index in [-0.39, 0.29) is 0 Å². The molecule has 0 spiro atoms. The van der Waals surface area contributed by atoms with Crippen molar-refractivity contribution in [2.24, 2.45) is 0 Å². The summed E-state index contributed by atoms with van der Waals surface area (Å²) in [5.74, 6) is 0. The summed E-state index contributed by atoms with van der Waals surface area (Å²) in [7, 11) is 0. The Morgan fingerprint density at radius 2 is 1.37 bits per heavy atom. The largest absolute Gasteiger partial charge is 0.341 e. The topological polar surface area (TPSA) is 17.8 Å². The molecule has 0 aliphatic heterocycles. The van der Waals surface area contributed by atoms with Crippen LogP contribution >= 0.6 is 0 Å². The van der Waals surface area contributed by atoms with E-state index in [4.69, 9.17) is 0 Å². The van der Waals surface area contributed by atoms with Crippen LogP contribution in [-0.4, -0.2) is 9.55 Å². The van der Waals surface area contributed by atoms with Gasteiger partial charge in [0, 0.05) is 29.7 Å². The second-order valence-electron chi connectivity index (χ2n) is 9.51. The predicted molar refractivity (Wildman–Crippen MR) is 150 cm³/mol. The Kier molecular flexibility index (Phi) is 3.68. The quantitative estimate of drug-likeness (QED) is 0.242. The molecule has 0 atom stereocenters. The van der Waals surface area contributed by atoms with Crippen molar-refractivity contribution in [2.75, 3.05) is 0 Å². The molecule has 8 rings (SSSR count). The molecular formula is C33H22N2. The molecule has 0 saturated carbocycles. The zero-order chi connectivity index (χ0) is 23.1. The van der Waals surface area contributed by atoms with Crippen molar-refractivity contribution in [3.63, 3.8) is 0 Å². The molecule has 0 aliphatic carbocycles. The number of fused-ring (bicyclic) bond motifs is 5. The Morgan fingerprint density at radius 1 is 0.600 bits per heavy atom. The maximum atomic E-state index is 4.49. The minimum absolute atomic E-state index is 0.934. The van der Waals surface area contributed by atoms with E-state index in [1.165, 1.54) is 76.0 Å². The van der Waals surface area contributed by atoms with Crippen LogP contribution in [0, 0.1) is 0 Å². The van der Waals surface area contributed by atoms with Crippen LogP contribution in [0.2, 0.25) is 0 Å². The lowest BCUT2D eigenvalue weighted by Gasteiger charge is -2.16. The van der Waals surface area contributed by atoms with Crippen LogP contribution in [0.5, 0.6) is 0 Å². The van der Waals surface area contributed by atoms with Gasteiger partial charge in [-0.25, -0.2) is 0 Å². The summed E-state index contributed by atoms with van der Waals surface area (Å²) in [6, 6.07) is 33.7. The first-order valence-corrected chi connectivity index (χ1v) is 12.3. The number of hydrogen-bond donors (Lipinski definition) is 0. The number of hydrogen-bond acceptors (Lipinski definition) is 1. The molecule has 0 bridgehead atoms. The third kappa shape index (κ3) is 2.46. The first kappa shape index (κ1) is 18.9. The number of pyridine rings is 1. The summed E-state index contributed by atoms with van der Waals surface area (Å²) in [6.07, 6.45) is 3.93. The summed E-state index contributed by atoms with van der Waals surface area (Å²) in [5.41, 5.74) is 5.09. The number of aryl methyl sites for hydroxylation is 1. The first-order valence-electron chi connectivity index (χ1n) is 12.3. The molecule has 0 unspecified atom stereocenters. The Balaban J connectivity index is 1.53. The number of benzene rings is 6. The van der Waals surface area contributed by atoms with E-state index in [9.17, 15) is 0 Å². The zero-order valence-corrected chi connectivity index (χ0v) is 19.4. The number of aromatic nitrogens is 2. The van der Waals surface area contributed by atoms with Gasteiger partial charge < -0.3 is 4.57 Å². The van der Waals surface area contributed by atoms with Gasteiger partial charge in [-0.1, -0.05) is 72.8 Å². The average Bonchev–Trinajstić information content (AvgIpc) is 3.24. The highest BCUT2D eigenvalue weighted by Crippen LogP contribution is 2.44. The van der Waals surface area contributed by atoms with Crippen LogP contribution in [0.15, 0.2) is 103 Å². The van der Waals surface area contributed by atoms with Crippen LogP contribution in [0.1, 0.15) is 6.92 Å². The van der Waals surface area contributed by atoms with Crippen molar-refractivity contribution in [2.45, 2.75) is 13.5 Å². The molecule has 35 heavy (non-hydrogen) atoms. The SMILES string of the molecule is CCn1c2ccncc2c2c3ccc4ccc(-c5ccc6ccccc6c5)c5ccc(cc21)c3c45. The van der Waals surface area contributed by atoms with Crippen LogP contribution in [-0.2, 0) is 6.54 Å². The molecule has 2 nitrogen and oxygen atoms in total. The van der Waals surface area contributed by atoms with E-state index >= 15 is 0 Å². The van der Waals surface area contributed by atoms with Gasteiger partial charge in [0.1, 0.15) is 0 Å². The molecule has 2 aromatic heterocycles. The number of rotatable bonds is 2. The van der Waals surface area contributed by atoms with E-state index in [0.29, 0.717) is 0 Å². The van der Waals surface area contributed by atoms with Crippen molar-refractivity contribution in [3.8, 4) is 11.1 Å². The molecule has 0 N–H and O–H groups in total. The molecule has 0 saturated heterocycles. The van der Waals surface area contributed by atoms with Crippen molar-refractivity contribution in [1.82, 2.24) is 9.55 Å². The van der Waals surface area contributed by atoms with E-state index in [1.54, 1.807) is 0 Å². The van der Waals surface area contributed by atoms with Gasteiger partial charge in [0.2, 0.25) is 0 Å². The molecule has 6 aromatic carbocycles. The standard InChI is InChI=1S/C33H22N2/c1-2-35-29-15-16-34-19-28(29)33-27-14-10-21-9-12-25(23-8-7-20-5-3-4-6-22(20)17-23)26-13-11-24(18-30(33)35)32(27)31(21)26/h3-19H,2H2,1H3. The maximum Gasteiger partial charge on any atom is 0.0522 e. The lowest BCUT2D eigenvalue weighted by atomic mass is 9.88. The third-order valence-corrected chi connectivity index (χ3v) is 7.79. The predicted octanol–water partition coefficient (Wildman–Crippen LogP) is 8.93. The molecule has 0 amide bonds. The van der Waals surface area contributed by atoms with Crippen molar-refractivity contribution < 1.29 is 0 Å². The van der Waals surface area contributed by atoms with Gasteiger partial charge in [-0.3, -0.25) is 4.98 Å². The summed E-state index contributed by atoms with van der Waals surface area (Å²) in [6.45, 7) is 3.16. The van der Waals surface area contributed by atoms with Gasteiger partial charge in [-0.05, 0) is 79.3 Å².